The SMILES string of the molecule is Cc1ccc(C(CNC(=O)CN2C(=O)COc3cc(Br)ccc32)N2CCOCC2)cc1. The van der Waals surface area contributed by atoms with E-state index in [-0.39, 0.29) is 31.0 Å². The van der Waals surface area contributed by atoms with Crippen LogP contribution in [0.15, 0.2) is 46.9 Å². The van der Waals surface area contributed by atoms with E-state index >= 15 is 0 Å². The number of rotatable bonds is 6. The number of fused-ring (bicyclic) bond motifs is 1. The van der Waals surface area contributed by atoms with Gasteiger partial charge in [-0.2, -0.15) is 0 Å². The minimum Gasteiger partial charge on any atom is -0.482 e. The summed E-state index contributed by atoms with van der Waals surface area (Å²) in [4.78, 5) is 29.0. The first-order valence-electron chi connectivity index (χ1n) is 10.4. The smallest absolute Gasteiger partial charge is 0.265 e. The highest BCUT2D eigenvalue weighted by atomic mass is 79.9. The lowest BCUT2D eigenvalue weighted by Crippen LogP contribution is -2.48. The van der Waals surface area contributed by atoms with Crippen molar-refractivity contribution in [2.45, 2.75) is 13.0 Å². The number of halogens is 1. The average molecular weight is 488 g/mol. The lowest BCUT2D eigenvalue weighted by molar-refractivity contribution is -0.125. The summed E-state index contributed by atoms with van der Waals surface area (Å²) in [6.45, 7) is 5.42. The summed E-state index contributed by atoms with van der Waals surface area (Å²) in [6.07, 6.45) is 0. The molecule has 1 unspecified atom stereocenters. The first-order valence-corrected chi connectivity index (χ1v) is 11.2. The van der Waals surface area contributed by atoms with E-state index < -0.39 is 0 Å². The van der Waals surface area contributed by atoms with E-state index in [0.717, 1.165) is 23.1 Å². The van der Waals surface area contributed by atoms with Crippen molar-refractivity contribution in [3.63, 3.8) is 0 Å². The van der Waals surface area contributed by atoms with Gasteiger partial charge in [0.05, 0.1) is 24.9 Å². The maximum absolute atomic E-state index is 12.8. The van der Waals surface area contributed by atoms with Crippen LogP contribution in [0.4, 0.5) is 5.69 Å². The van der Waals surface area contributed by atoms with Crippen molar-refractivity contribution in [1.82, 2.24) is 10.2 Å². The van der Waals surface area contributed by atoms with Gasteiger partial charge in [0.2, 0.25) is 5.91 Å². The molecule has 0 aliphatic carbocycles. The van der Waals surface area contributed by atoms with Crippen LogP contribution in [-0.4, -0.2) is 62.7 Å². The van der Waals surface area contributed by atoms with Gasteiger partial charge in [-0.05, 0) is 30.7 Å². The van der Waals surface area contributed by atoms with E-state index in [1.807, 2.05) is 6.07 Å². The second kappa shape index (κ2) is 9.80. The fourth-order valence-corrected chi connectivity index (χ4v) is 4.24. The molecule has 0 bridgehead atoms. The Morgan fingerprint density at radius 3 is 2.65 bits per heavy atom. The number of hydrogen-bond donors (Lipinski definition) is 1. The maximum atomic E-state index is 12.8. The minimum absolute atomic E-state index is 0.0411. The zero-order valence-corrected chi connectivity index (χ0v) is 19.1. The molecule has 31 heavy (non-hydrogen) atoms. The van der Waals surface area contributed by atoms with Crippen LogP contribution in [0.1, 0.15) is 17.2 Å². The van der Waals surface area contributed by atoms with E-state index in [2.05, 4.69) is 57.3 Å². The summed E-state index contributed by atoms with van der Waals surface area (Å²) in [5.74, 6) is 0.162. The molecular weight excluding hydrogens is 462 g/mol. The molecule has 2 amide bonds. The largest absolute Gasteiger partial charge is 0.482 e. The van der Waals surface area contributed by atoms with Gasteiger partial charge < -0.3 is 14.8 Å². The number of morpholine rings is 1. The first-order chi connectivity index (χ1) is 15.0. The molecule has 2 aliphatic heterocycles. The topological polar surface area (TPSA) is 71.1 Å². The summed E-state index contributed by atoms with van der Waals surface area (Å²) >= 11 is 3.41. The average Bonchev–Trinajstić information content (AvgIpc) is 2.78. The standard InChI is InChI=1S/C23H26BrN3O4/c1-16-2-4-17(5-3-16)20(26-8-10-30-11-9-26)13-25-22(28)14-27-19-7-6-18(24)12-21(19)31-15-23(27)29/h2-7,12,20H,8-11,13-15H2,1H3,(H,25,28). The van der Waals surface area contributed by atoms with E-state index in [4.69, 9.17) is 9.47 Å². The maximum Gasteiger partial charge on any atom is 0.265 e. The monoisotopic (exact) mass is 487 g/mol. The number of nitrogens with one attached hydrogen (secondary N) is 1. The number of carbonyl (C=O) groups excluding carboxylic acids is 2. The van der Waals surface area contributed by atoms with Gasteiger partial charge in [-0.15, -0.1) is 0 Å². The molecule has 1 atom stereocenters. The Morgan fingerprint density at radius 2 is 1.90 bits per heavy atom. The molecule has 1 saturated heterocycles. The summed E-state index contributed by atoms with van der Waals surface area (Å²) in [5, 5.41) is 3.04. The molecule has 2 aliphatic rings. The number of ether oxygens (including phenoxy) is 2. The summed E-state index contributed by atoms with van der Waals surface area (Å²) in [6, 6.07) is 13.9. The molecule has 4 rings (SSSR count). The lowest BCUT2D eigenvalue weighted by atomic mass is 10.0. The highest BCUT2D eigenvalue weighted by Gasteiger charge is 2.28. The van der Waals surface area contributed by atoms with Crippen molar-refractivity contribution in [1.29, 1.82) is 0 Å². The third-order valence-electron chi connectivity index (χ3n) is 5.61. The van der Waals surface area contributed by atoms with Crippen LogP contribution >= 0.6 is 15.9 Å². The van der Waals surface area contributed by atoms with Crippen molar-refractivity contribution in [3.8, 4) is 5.75 Å². The first kappa shape index (κ1) is 21.8. The Hall–Kier alpha value is -2.42. The zero-order chi connectivity index (χ0) is 21.8. The molecule has 1 fully saturated rings. The van der Waals surface area contributed by atoms with Gasteiger partial charge in [0, 0.05) is 24.1 Å². The van der Waals surface area contributed by atoms with Crippen LogP contribution in [0.25, 0.3) is 0 Å². The molecule has 0 saturated carbocycles. The van der Waals surface area contributed by atoms with Gasteiger partial charge in [-0.3, -0.25) is 19.4 Å². The van der Waals surface area contributed by atoms with E-state index in [1.165, 1.54) is 10.5 Å². The number of nitrogens with zero attached hydrogens (tertiary/aromatic N) is 2. The van der Waals surface area contributed by atoms with Crippen molar-refractivity contribution in [2.24, 2.45) is 0 Å². The van der Waals surface area contributed by atoms with E-state index in [9.17, 15) is 9.59 Å². The molecule has 7 nitrogen and oxygen atoms in total. The second-order valence-corrected chi connectivity index (χ2v) is 8.68. The zero-order valence-electron chi connectivity index (χ0n) is 17.5. The summed E-state index contributed by atoms with van der Waals surface area (Å²) in [5.41, 5.74) is 2.97. The number of amides is 2. The highest BCUT2D eigenvalue weighted by Crippen LogP contribution is 2.34. The molecule has 2 aromatic carbocycles. The Kier molecular flexibility index (Phi) is 6.89. The van der Waals surface area contributed by atoms with Crippen LogP contribution in [0.5, 0.6) is 5.75 Å². The van der Waals surface area contributed by atoms with Crippen LogP contribution in [-0.2, 0) is 14.3 Å². The molecular formula is C23H26BrN3O4. The Bertz CT molecular complexity index is 944. The Morgan fingerprint density at radius 1 is 1.16 bits per heavy atom. The van der Waals surface area contributed by atoms with Gasteiger partial charge in [-0.25, -0.2) is 0 Å². The third-order valence-corrected chi connectivity index (χ3v) is 6.10. The molecule has 0 spiro atoms. The van der Waals surface area contributed by atoms with Gasteiger partial charge in [-0.1, -0.05) is 45.8 Å². The van der Waals surface area contributed by atoms with Crippen molar-refractivity contribution in [2.75, 3.05) is 50.9 Å². The lowest BCUT2D eigenvalue weighted by Gasteiger charge is -2.35. The number of hydrogen-bond acceptors (Lipinski definition) is 5. The Balaban J connectivity index is 1.44. The van der Waals surface area contributed by atoms with Crippen LogP contribution in [0, 0.1) is 6.92 Å². The van der Waals surface area contributed by atoms with Crippen molar-refractivity contribution >= 4 is 33.4 Å². The molecule has 8 heteroatoms. The van der Waals surface area contributed by atoms with Crippen molar-refractivity contribution in [3.05, 3.63) is 58.1 Å². The van der Waals surface area contributed by atoms with Crippen LogP contribution in [0.2, 0.25) is 0 Å². The molecule has 0 aromatic heterocycles. The number of aryl methyl sites for hydroxylation is 1. The molecule has 1 N–H and O–H groups in total. The second-order valence-electron chi connectivity index (χ2n) is 7.76. The van der Waals surface area contributed by atoms with E-state index in [0.29, 0.717) is 31.2 Å². The molecule has 2 aromatic rings. The summed E-state index contributed by atoms with van der Waals surface area (Å²) < 4.78 is 11.9. The number of anilines is 1. The number of benzene rings is 2. The quantitative estimate of drug-likeness (QED) is 0.678. The van der Waals surface area contributed by atoms with E-state index in [1.54, 1.807) is 12.1 Å². The molecule has 164 valence electrons. The number of carbonyl (C=O) groups is 2. The van der Waals surface area contributed by atoms with Gasteiger partial charge in [0.15, 0.2) is 6.61 Å². The van der Waals surface area contributed by atoms with Crippen LogP contribution < -0.4 is 15.0 Å². The fourth-order valence-electron chi connectivity index (χ4n) is 3.90. The van der Waals surface area contributed by atoms with Crippen molar-refractivity contribution < 1.29 is 19.1 Å². The van der Waals surface area contributed by atoms with Gasteiger partial charge in [0.1, 0.15) is 12.3 Å². The molecule has 0 radical (unpaired) electrons. The third kappa shape index (κ3) is 5.26. The normalized spacial score (nSPS) is 17.6. The van der Waals surface area contributed by atoms with Gasteiger partial charge in [0.25, 0.3) is 5.91 Å². The highest BCUT2D eigenvalue weighted by molar-refractivity contribution is 9.10. The van der Waals surface area contributed by atoms with Gasteiger partial charge >= 0.3 is 0 Å². The minimum atomic E-state index is -0.228. The Labute approximate surface area is 190 Å². The fraction of sp³-hybridized carbons (Fsp3) is 0.391. The predicted molar refractivity (Wildman–Crippen MR) is 121 cm³/mol. The summed E-state index contributed by atoms with van der Waals surface area (Å²) in [7, 11) is 0. The van der Waals surface area contributed by atoms with Crippen LogP contribution in [0.3, 0.4) is 0 Å². The predicted octanol–water partition coefficient (Wildman–Crippen LogP) is 2.67. The molecule has 2 heterocycles.